The van der Waals surface area contributed by atoms with Crippen LogP contribution in [0.4, 0.5) is 0 Å². The van der Waals surface area contributed by atoms with E-state index in [4.69, 9.17) is 4.52 Å². The molecule has 128 valence electrons. The number of aryl methyl sites for hydroxylation is 1. The van der Waals surface area contributed by atoms with Crippen molar-refractivity contribution in [1.29, 1.82) is 0 Å². The Morgan fingerprint density at radius 3 is 2.62 bits per heavy atom. The minimum Gasteiger partial charge on any atom is -0.338 e. The van der Waals surface area contributed by atoms with Crippen molar-refractivity contribution in [3.8, 4) is 0 Å². The molecule has 7 heteroatoms. The van der Waals surface area contributed by atoms with E-state index in [1.807, 2.05) is 19.1 Å². The van der Waals surface area contributed by atoms with Crippen LogP contribution < -0.4 is 0 Å². The lowest BCUT2D eigenvalue weighted by molar-refractivity contribution is 0.289. The highest BCUT2D eigenvalue weighted by molar-refractivity contribution is 7.89. The van der Waals surface area contributed by atoms with Gasteiger partial charge in [-0.15, -0.1) is 0 Å². The van der Waals surface area contributed by atoms with Gasteiger partial charge in [-0.1, -0.05) is 24.2 Å². The molecule has 0 radical (unpaired) electrons. The van der Waals surface area contributed by atoms with Crippen molar-refractivity contribution >= 4 is 10.0 Å². The lowest BCUT2D eigenvalue weighted by Crippen LogP contribution is -2.30. The predicted octanol–water partition coefficient (Wildman–Crippen LogP) is 3.04. The van der Waals surface area contributed by atoms with E-state index in [1.165, 1.54) is 4.31 Å². The standard InChI is InChI=1S/C17H21N3O3S/c1-2-12-5-9-14(10-6-12)24(21,22)20-11-3-4-15(20)17-18-16(19-23-17)13-7-8-13/h5-6,9-10,13,15H,2-4,7-8,11H2,1H3. The maximum absolute atomic E-state index is 13.0. The molecule has 1 unspecified atom stereocenters. The minimum absolute atomic E-state index is 0.327. The van der Waals surface area contributed by atoms with Crippen LogP contribution >= 0.6 is 0 Å². The Bertz CT molecular complexity index is 825. The topological polar surface area (TPSA) is 76.3 Å². The Labute approximate surface area is 141 Å². The maximum Gasteiger partial charge on any atom is 0.245 e. The van der Waals surface area contributed by atoms with Gasteiger partial charge in [-0.05, 0) is 49.8 Å². The van der Waals surface area contributed by atoms with Crippen LogP contribution in [0.3, 0.4) is 0 Å². The molecule has 0 bridgehead atoms. The number of rotatable bonds is 5. The van der Waals surface area contributed by atoms with E-state index in [0.29, 0.717) is 23.2 Å². The van der Waals surface area contributed by atoms with E-state index in [1.54, 1.807) is 12.1 Å². The lowest BCUT2D eigenvalue weighted by Gasteiger charge is -2.21. The Morgan fingerprint density at radius 1 is 1.21 bits per heavy atom. The van der Waals surface area contributed by atoms with Crippen molar-refractivity contribution in [3.05, 3.63) is 41.5 Å². The van der Waals surface area contributed by atoms with E-state index < -0.39 is 10.0 Å². The number of benzene rings is 1. The summed E-state index contributed by atoms with van der Waals surface area (Å²) in [6.45, 7) is 2.54. The number of hydrogen-bond acceptors (Lipinski definition) is 5. The van der Waals surface area contributed by atoms with Gasteiger partial charge in [0.1, 0.15) is 6.04 Å². The van der Waals surface area contributed by atoms with Crippen molar-refractivity contribution in [1.82, 2.24) is 14.4 Å². The van der Waals surface area contributed by atoms with Crippen LogP contribution in [-0.4, -0.2) is 29.4 Å². The molecule has 24 heavy (non-hydrogen) atoms. The van der Waals surface area contributed by atoms with Crippen LogP contribution in [0.1, 0.15) is 61.8 Å². The van der Waals surface area contributed by atoms with Crippen molar-refractivity contribution in [2.24, 2.45) is 0 Å². The van der Waals surface area contributed by atoms with Crippen molar-refractivity contribution in [2.45, 2.75) is 55.9 Å². The zero-order chi connectivity index (χ0) is 16.7. The monoisotopic (exact) mass is 347 g/mol. The van der Waals surface area contributed by atoms with E-state index in [2.05, 4.69) is 10.1 Å². The summed E-state index contributed by atoms with van der Waals surface area (Å²) in [4.78, 5) is 4.78. The summed E-state index contributed by atoms with van der Waals surface area (Å²) < 4.78 is 32.9. The van der Waals surface area contributed by atoms with Crippen LogP contribution in [0.5, 0.6) is 0 Å². The smallest absolute Gasteiger partial charge is 0.245 e. The van der Waals surface area contributed by atoms with Gasteiger partial charge >= 0.3 is 0 Å². The molecule has 0 amide bonds. The van der Waals surface area contributed by atoms with Gasteiger partial charge in [0.15, 0.2) is 5.82 Å². The van der Waals surface area contributed by atoms with Gasteiger partial charge in [0.2, 0.25) is 15.9 Å². The third kappa shape index (κ3) is 2.75. The van der Waals surface area contributed by atoms with E-state index in [-0.39, 0.29) is 6.04 Å². The summed E-state index contributed by atoms with van der Waals surface area (Å²) >= 11 is 0. The van der Waals surface area contributed by atoms with Crippen molar-refractivity contribution in [3.63, 3.8) is 0 Å². The highest BCUT2D eigenvalue weighted by Gasteiger charge is 2.40. The molecule has 1 aliphatic heterocycles. The van der Waals surface area contributed by atoms with Crippen LogP contribution in [0, 0.1) is 0 Å². The Hall–Kier alpha value is -1.73. The molecule has 2 heterocycles. The fourth-order valence-corrected chi connectivity index (χ4v) is 4.85. The van der Waals surface area contributed by atoms with Crippen LogP contribution in [0.2, 0.25) is 0 Å². The third-order valence-corrected chi connectivity index (χ3v) is 6.75. The second-order valence-corrected chi connectivity index (χ2v) is 8.43. The second kappa shape index (κ2) is 5.97. The zero-order valence-electron chi connectivity index (χ0n) is 13.7. The Morgan fingerprint density at radius 2 is 1.96 bits per heavy atom. The highest BCUT2D eigenvalue weighted by atomic mass is 32.2. The first-order valence-corrected chi connectivity index (χ1v) is 9.98. The quantitative estimate of drug-likeness (QED) is 0.831. The average Bonchev–Trinajstić information content (AvgIpc) is 3.13. The third-order valence-electron chi connectivity index (χ3n) is 4.83. The first kappa shape index (κ1) is 15.8. The summed E-state index contributed by atoms with van der Waals surface area (Å²) in [6.07, 6.45) is 4.60. The molecule has 2 fully saturated rings. The van der Waals surface area contributed by atoms with Gasteiger partial charge in [-0.2, -0.15) is 9.29 Å². The molecular weight excluding hydrogens is 326 g/mol. The molecule has 0 N–H and O–H groups in total. The average molecular weight is 347 g/mol. The Balaban J connectivity index is 1.62. The molecule has 2 aromatic rings. The molecule has 1 saturated carbocycles. The molecule has 1 atom stereocenters. The lowest BCUT2D eigenvalue weighted by atomic mass is 10.2. The second-order valence-electron chi connectivity index (χ2n) is 6.54. The van der Waals surface area contributed by atoms with Crippen LogP contribution in [0.25, 0.3) is 0 Å². The predicted molar refractivity (Wildman–Crippen MR) is 88.0 cm³/mol. The van der Waals surface area contributed by atoms with Gasteiger partial charge in [0.05, 0.1) is 4.90 Å². The first-order valence-electron chi connectivity index (χ1n) is 8.54. The van der Waals surface area contributed by atoms with Gasteiger partial charge in [-0.25, -0.2) is 8.42 Å². The van der Waals surface area contributed by atoms with E-state index >= 15 is 0 Å². The number of sulfonamides is 1. The molecule has 1 aromatic carbocycles. The molecule has 1 aromatic heterocycles. The van der Waals surface area contributed by atoms with Gasteiger partial charge in [0.25, 0.3) is 0 Å². The summed E-state index contributed by atoms with van der Waals surface area (Å²) in [5, 5.41) is 4.03. The minimum atomic E-state index is -3.55. The maximum atomic E-state index is 13.0. The molecule has 1 aliphatic carbocycles. The summed E-state index contributed by atoms with van der Waals surface area (Å²) in [5.41, 5.74) is 1.12. The SMILES string of the molecule is CCc1ccc(S(=O)(=O)N2CCCC2c2nc(C3CC3)no2)cc1. The fraction of sp³-hybridized carbons (Fsp3) is 0.529. The highest BCUT2D eigenvalue weighted by Crippen LogP contribution is 2.40. The number of hydrogen-bond donors (Lipinski definition) is 0. The Kier molecular flexibility index (Phi) is 3.92. The van der Waals surface area contributed by atoms with E-state index in [0.717, 1.165) is 43.5 Å². The number of nitrogens with zero attached hydrogens (tertiary/aromatic N) is 3. The molecular formula is C17H21N3O3S. The summed E-state index contributed by atoms with van der Waals surface area (Å²) in [5.74, 6) is 1.56. The molecule has 1 saturated heterocycles. The zero-order valence-corrected chi connectivity index (χ0v) is 14.5. The normalized spacial score (nSPS) is 22.1. The molecule has 4 rings (SSSR count). The van der Waals surface area contributed by atoms with Crippen LogP contribution in [0.15, 0.2) is 33.7 Å². The van der Waals surface area contributed by atoms with Crippen molar-refractivity contribution < 1.29 is 12.9 Å². The largest absolute Gasteiger partial charge is 0.338 e. The first-order chi connectivity index (χ1) is 11.6. The van der Waals surface area contributed by atoms with Gasteiger partial charge in [0, 0.05) is 12.5 Å². The van der Waals surface area contributed by atoms with Gasteiger partial charge in [-0.3, -0.25) is 0 Å². The van der Waals surface area contributed by atoms with Crippen LogP contribution in [-0.2, 0) is 16.4 Å². The van der Waals surface area contributed by atoms with Gasteiger partial charge < -0.3 is 4.52 Å². The number of aromatic nitrogens is 2. The fourth-order valence-electron chi connectivity index (χ4n) is 3.20. The molecule has 2 aliphatic rings. The summed E-state index contributed by atoms with van der Waals surface area (Å²) in [6, 6.07) is 6.77. The molecule has 0 spiro atoms. The van der Waals surface area contributed by atoms with Crippen molar-refractivity contribution in [2.75, 3.05) is 6.54 Å². The van der Waals surface area contributed by atoms with E-state index in [9.17, 15) is 8.42 Å². The summed E-state index contributed by atoms with van der Waals surface area (Å²) in [7, 11) is -3.55. The molecule has 6 nitrogen and oxygen atoms in total.